The molecule has 0 saturated heterocycles. The molecule has 0 amide bonds. The minimum atomic E-state index is -1.09. The number of nitro groups is 2. The zero-order valence-corrected chi connectivity index (χ0v) is 10.3. The van der Waals surface area contributed by atoms with E-state index < -0.39 is 16.0 Å². The molecule has 1 aromatic heterocycles. The van der Waals surface area contributed by atoms with Crippen LogP contribution in [0.4, 0.5) is 5.69 Å². The summed E-state index contributed by atoms with van der Waals surface area (Å²) in [5, 5.41) is 32.1. The summed E-state index contributed by atoms with van der Waals surface area (Å²) >= 11 is 0. The first-order valence-electron chi connectivity index (χ1n) is 5.30. The standard InChI is InChI=1S/C6H5N3O4.C4H4N2O2/c10-8(11)7(9(12)13)6-4-2-1-3-5-6;7-4(8)3-1-2-5-6-3/h1-5H;1-2H,(H,5,6)(H,7,8). The summed E-state index contributed by atoms with van der Waals surface area (Å²) in [4.78, 5) is 30.5. The molecule has 0 aliphatic heterocycles. The van der Waals surface area contributed by atoms with E-state index in [1.807, 2.05) is 0 Å². The van der Waals surface area contributed by atoms with Crippen LogP contribution in [0.15, 0.2) is 42.6 Å². The Morgan fingerprint density at radius 3 is 2.05 bits per heavy atom. The first-order valence-corrected chi connectivity index (χ1v) is 5.30. The van der Waals surface area contributed by atoms with E-state index in [4.69, 9.17) is 5.11 Å². The number of para-hydroxylation sites is 1. The number of aromatic nitrogens is 2. The van der Waals surface area contributed by atoms with Gasteiger partial charge in [0.15, 0.2) is 10.8 Å². The predicted octanol–water partition coefficient (Wildman–Crippen LogP) is 0.984. The first-order chi connectivity index (χ1) is 9.93. The maximum absolute atomic E-state index is 10.2. The fourth-order valence-corrected chi connectivity index (χ4v) is 1.18. The van der Waals surface area contributed by atoms with Crippen LogP contribution in [0.2, 0.25) is 0 Å². The molecule has 110 valence electrons. The molecule has 2 aromatic rings. The minimum Gasteiger partial charge on any atom is -0.477 e. The molecule has 1 aromatic carbocycles. The van der Waals surface area contributed by atoms with Crippen molar-refractivity contribution in [2.75, 3.05) is 5.12 Å². The van der Waals surface area contributed by atoms with Gasteiger partial charge in [-0.25, -0.2) is 25.0 Å². The third-order valence-corrected chi connectivity index (χ3v) is 2.03. The van der Waals surface area contributed by atoms with Crippen LogP contribution in [0.1, 0.15) is 10.5 Å². The highest BCUT2D eigenvalue weighted by atomic mass is 16.8. The fraction of sp³-hybridized carbons (Fsp3) is 0. The van der Waals surface area contributed by atoms with Gasteiger partial charge < -0.3 is 5.11 Å². The summed E-state index contributed by atoms with van der Waals surface area (Å²) in [6.45, 7) is 0. The molecule has 0 atom stereocenters. The number of H-pyrrole nitrogens is 1. The molecule has 1 heterocycles. The number of nitrogens with zero attached hydrogens (tertiary/aromatic N) is 4. The molecule has 2 rings (SSSR count). The lowest BCUT2D eigenvalue weighted by Crippen LogP contribution is -2.35. The second-order valence-corrected chi connectivity index (χ2v) is 3.38. The summed E-state index contributed by atoms with van der Waals surface area (Å²) in [5.74, 6) is -0.984. The molecular formula is C10H9N5O6. The Morgan fingerprint density at radius 2 is 1.71 bits per heavy atom. The smallest absolute Gasteiger partial charge is 0.353 e. The Kier molecular flexibility index (Phi) is 5.32. The highest BCUT2D eigenvalue weighted by Crippen LogP contribution is 2.12. The number of hydrogen-bond donors (Lipinski definition) is 2. The van der Waals surface area contributed by atoms with Gasteiger partial charge in [0.05, 0.1) is 0 Å². The van der Waals surface area contributed by atoms with Crippen molar-refractivity contribution in [1.82, 2.24) is 10.2 Å². The molecule has 11 nitrogen and oxygen atoms in total. The summed E-state index contributed by atoms with van der Waals surface area (Å²) < 4.78 is 0. The molecule has 2 N–H and O–H groups in total. The van der Waals surface area contributed by atoms with Crippen LogP contribution in [0.3, 0.4) is 0 Å². The average molecular weight is 295 g/mol. The van der Waals surface area contributed by atoms with E-state index in [-0.39, 0.29) is 16.5 Å². The van der Waals surface area contributed by atoms with Gasteiger partial charge in [-0.3, -0.25) is 5.10 Å². The van der Waals surface area contributed by atoms with E-state index in [1.165, 1.54) is 36.5 Å². The normalized spacial score (nSPS) is 9.14. The average Bonchev–Trinajstić information content (AvgIpc) is 2.94. The van der Waals surface area contributed by atoms with Crippen molar-refractivity contribution >= 4 is 11.7 Å². The molecule has 0 radical (unpaired) electrons. The van der Waals surface area contributed by atoms with Gasteiger partial charge in [0.2, 0.25) is 10.1 Å². The van der Waals surface area contributed by atoms with Gasteiger partial charge in [-0.05, 0) is 18.2 Å². The van der Waals surface area contributed by atoms with Gasteiger partial charge in [-0.1, -0.05) is 18.2 Å². The Morgan fingerprint density at radius 1 is 1.14 bits per heavy atom. The summed E-state index contributed by atoms with van der Waals surface area (Å²) in [6, 6.07) is 8.53. The van der Waals surface area contributed by atoms with Crippen LogP contribution in [-0.2, 0) is 0 Å². The van der Waals surface area contributed by atoms with Crippen LogP contribution in [0.5, 0.6) is 0 Å². The van der Waals surface area contributed by atoms with Crippen LogP contribution >= 0.6 is 0 Å². The number of hydrogen-bond acceptors (Lipinski definition) is 6. The van der Waals surface area contributed by atoms with Crippen molar-refractivity contribution in [3.63, 3.8) is 0 Å². The minimum absolute atomic E-state index is 0.0856. The number of carboxylic acid groups (broad SMARTS) is 1. The van der Waals surface area contributed by atoms with Crippen molar-refractivity contribution in [1.29, 1.82) is 0 Å². The molecule has 21 heavy (non-hydrogen) atoms. The van der Waals surface area contributed by atoms with Crippen LogP contribution in [0.25, 0.3) is 0 Å². The van der Waals surface area contributed by atoms with Gasteiger partial charge in [-0.15, -0.1) is 0 Å². The van der Waals surface area contributed by atoms with E-state index in [9.17, 15) is 25.0 Å². The van der Waals surface area contributed by atoms with Gasteiger partial charge in [0, 0.05) is 6.20 Å². The Labute approximate surface area is 116 Å². The summed E-state index contributed by atoms with van der Waals surface area (Å²) in [7, 11) is 0. The molecule has 0 aliphatic carbocycles. The zero-order valence-electron chi connectivity index (χ0n) is 10.3. The van der Waals surface area contributed by atoms with E-state index in [0.717, 1.165) is 0 Å². The lowest BCUT2D eigenvalue weighted by molar-refractivity contribution is -0.711. The monoisotopic (exact) mass is 295 g/mol. The predicted molar refractivity (Wildman–Crippen MR) is 68.5 cm³/mol. The lowest BCUT2D eigenvalue weighted by Gasteiger charge is -2.01. The number of benzene rings is 1. The number of rotatable bonds is 4. The largest absolute Gasteiger partial charge is 0.477 e. The number of carbonyl (C=O) groups is 1. The van der Waals surface area contributed by atoms with E-state index in [0.29, 0.717) is 0 Å². The van der Waals surface area contributed by atoms with Gasteiger partial charge >= 0.3 is 5.97 Å². The van der Waals surface area contributed by atoms with Crippen LogP contribution in [0, 0.1) is 20.2 Å². The molecule has 0 aliphatic rings. The van der Waals surface area contributed by atoms with E-state index >= 15 is 0 Å². The SMILES string of the molecule is O=C(O)c1ccn[nH]1.O=[N+]([O-])N(c1ccccc1)[N+](=O)[O-]. The maximum Gasteiger partial charge on any atom is 0.353 e. The van der Waals surface area contributed by atoms with E-state index in [1.54, 1.807) is 6.07 Å². The van der Waals surface area contributed by atoms with Gasteiger partial charge in [-0.2, -0.15) is 5.10 Å². The van der Waals surface area contributed by atoms with Gasteiger partial charge in [0.25, 0.3) is 0 Å². The lowest BCUT2D eigenvalue weighted by atomic mass is 10.3. The molecule has 11 heteroatoms. The quantitative estimate of drug-likeness (QED) is 0.624. The van der Waals surface area contributed by atoms with Crippen molar-refractivity contribution in [2.45, 2.75) is 0 Å². The molecule has 0 saturated carbocycles. The summed E-state index contributed by atoms with van der Waals surface area (Å²) in [6.07, 6.45) is 1.39. The van der Waals surface area contributed by atoms with Crippen LogP contribution < -0.4 is 5.12 Å². The Balaban J connectivity index is 0.000000235. The fourth-order valence-electron chi connectivity index (χ4n) is 1.18. The molecule has 0 fully saturated rings. The van der Waals surface area contributed by atoms with Crippen molar-refractivity contribution in [2.24, 2.45) is 0 Å². The molecular weight excluding hydrogens is 286 g/mol. The third-order valence-electron chi connectivity index (χ3n) is 2.03. The Bertz CT molecular complexity index is 600. The second kappa shape index (κ2) is 7.18. The first kappa shape index (κ1) is 15.6. The Hall–Kier alpha value is -3.50. The molecule has 0 unspecified atom stereocenters. The molecule has 0 spiro atoms. The number of carboxylic acids is 1. The van der Waals surface area contributed by atoms with Crippen molar-refractivity contribution < 1.29 is 20.0 Å². The topological polar surface area (TPSA) is 156 Å². The van der Waals surface area contributed by atoms with Gasteiger partial charge in [0.1, 0.15) is 5.69 Å². The number of anilines is 1. The zero-order chi connectivity index (χ0) is 15.8. The van der Waals surface area contributed by atoms with Crippen LogP contribution in [-0.4, -0.2) is 31.3 Å². The summed E-state index contributed by atoms with van der Waals surface area (Å²) in [5.41, 5.74) is 0.0301. The van der Waals surface area contributed by atoms with E-state index in [2.05, 4.69) is 10.2 Å². The third kappa shape index (κ3) is 4.59. The van der Waals surface area contributed by atoms with Crippen molar-refractivity contribution in [3.05, 3.63) is 68.5 Å². The number of aromatic amines is 1. The maximum atomic E-state index is 10.2. The number of aromatic carboxylic acids is 1. The highest BCUT2D eigenvalue weighted by molar-refractivity contribution is 5.84. The number of hydrazine groups is 2. The van der Waals surface area contributed by atoms with Crippen molar-refractivity contribution in [3.8, 4) is 0 Å². The second-order valence-electron chi connectivity index (χ2n) is 3.38. The molecule has 0 bridgehead atoms. The highest BCUT2D eigenvalue weighted by Gasteiger charge is 2.29. The number of nitrogens with one attached hydrogen (secondary N) is 1.